The van der Waals surface area contributed by atoms with Gasteiger partial charge in [-0.1, -0.05) is 25.1 Å². The highest BCUT2D eigenvalue weighted by Gasteiger charge is 2.25. The van der Waals surface area contributed by atoms with E-state index in [2.05, 4.69) is 17.1 Å². The van der Waals surface area contributed by atoms with Crippen LogP contribution in [0.2, 0.25) is 0 Å². The molecule has 1 amide bonds. The van der Waals surface area contributed by atoms with Gasteiger partial charge in [-0.2, -0.15) is 0 Å². The molecule has 1 saturated heterocycles. The summed E-state index contributed by atoms with van der Waals surface area (Å²) in [5.74, 6) is 0.833. The van der Waals surface area contributed by atoms with Crippen LogP contribution >= 0.6 is 0 Å². The van der Waals surface area contributed by atoms with E-state index in [-0.39, 0.29) is 5.91 Å². The Morgan fingerprint density at radius 1 is 1.28 bits per heavy atom. The van der Waals surface area contributed by atoms with Crippen LogP contribution in [0, 0.1) is 5.92 Å². The number of hydrogen-bond acceptors (Lipinski definition) is 2. The minimum atomic E-state index is 0.0230. The molecule has 0 aromatic heterocycles. The first-order chi connectivity index (χ1) is 8.74. The molecule has 2 aliphatic heterocycles. The molecule has 3 rings (SSSR count). The molecule has 1 fully saturated rings. The highest BCUT2D eigenvalue weighted by molar-refractivity contribution is 6.31. The Labute approximate surface area is 107 Å². The highest BCUT2D eigenvalue weighted by Crippen LogP contribution is 2.32. The van der Waals surface area contributed by atoms with Crippen molar-refractivity contribution in [2.75, 3.05) is 18.4 Å². The van der Waals surface area contributed by atoms with Gasteiger partial charge in [-0.25, -0.2) is 0 Å². The van der Waals surface area contributed by atoms with Crippen molar-refractivity contribution in [2.24, 2.45) is 5.92 Å². The van der Waals surface area contributed by atoms with Crippen molar-refractivity contribution in [2.45, 2.75) is 19.8 Å². The van der Waals surface area contributed by atoms with Crippen LogP contribution in [0.5, 0.6) is 0 Å². The zero-order chi connectivity index (χ0) is 12.5. The molecule has 0 spiro atoms. The van der Waals surface area contributed by atoms with Crippen molar-refractivity contribution < 1.29 is 4.79 Å². The van der Waals surface area contributed by atoms with Crippen LogP contribution in [0.3, 0.4) is 0 Å². The number of anilines is 1. The number of amides is 1. The molecule has 0 unspecified atom stereocenters. The molecule has 3 nitrogen and oxygen atoms in total. The summed E-state index contributed by atoms with van der Waals surface area (Å²) in [7, 11) is 0. The summed E-state index contributed by atoms with van der Waals surface area (Å²) in [6.07, 6.45) is 4.47. The van der Waals surface area contributed by atoms with Crippen LogP contribution < -0.4 is 5.32 Å². The summed E-state index contributed by atoms with van der Waals surface area (Å²) in [5.41, 5.74) is 2.76. The Hall–Kier alpha value is -1.77. The number of rotatable bonds is 1. The Morgan fingerprint density at radius 2 is 2.00 bits per heavy atom. The summed E-state index contributed by atoms with van der Waals surface area (Å²) in [5, 5.41) is 2.91. The number of hydrogen-bond donors (Lipinski definition) is 1. The monoisotopic (exact) mass is 242 g/mol. The van der Waals surface area contributed by atoms with Crippen LogP contribution in [0.1, 0.15) is 25.3 Å². The number of fused-ring (bicyclic) bond motifs is 1. The molecule has 0 bridgehead atoms. The van der Waals surface area contributed by atoms with Gasteiger partial charge in [0.1, 0.15) is 0 Å². The number of carbonyl (C=O) groups is 1. The standard InChI is InChI=1S/C15H18N2O/c1-11-6-8-17(9-7-11)10-13-12-4-2-3-5-14(12)16-15(13)18/h2-5,10-11H,6-9H2,1H3,(H,16,18)/b13-10+. The Balaban J connectivity index is 1.86. The second-order valence-corrected chi connectivity index (χ2v) is 5.26. The molecule has 94 valence electrons. The van der Waals surface area contributed by atoms with Crippen LogP contribution in [0.15, 0.2) is 30.5 Å². The lowest BCUT2D eigenvalue weighted by molar-refractivity contribution is -0.110. The molecule has 1 N–H and O–H groups in total. The second kappa shape index (κ2) is 4.48. The summed E-state index contributed by atoms with van der Waals surface area (Å²) in [6, 6.07) is 7.88. The molecule has 0 saturated carbocycles. The van der Waals surface area contributed by atoms with Crippen LogP contribution in [-0.4, -0.2) is 23.9 Å². The van der Waals surface area contributed by atoms with Gasteiger partial charge in [-0.3, -0.25) is 4.79 Å². The maximum atomic E-state index is 12.0. The SMILES string of the molecule is CC1CCN(/C=C2/C(=O)Nc3ccccc32)CC1. The normalized spacial score (nSPS) is 22.2. The molecule has 2 aliphatic rings. The second-order valence-electron chi connectivity index (χ2n) is 5.26. The van der Waals surface area contributed by atoms with Crippen molar-refractivity contribution in [3.8, 4) is 0 Å². The van der Waals surface area contributed by atoms with E-state index in [1.807, 2.05) is 30.5 Å². The fourth-order valence-corrected chi connectivity index (χ4v) is 2.61. The van der Waals surface area contributed by atoms with E-state index in [1.54, 1.807) is 0 Å². The fourth-order valence-electron chi connectivity index (χ4n) is 2.61. The number of nitrogens with one attached hydrogen (secondary N) is 1. The zero-order valence-corrected chi connectivity index (χ0v) is 10.6. The summed E-state index contributed by atoms with van der Waals surface area (Å²) < 4.78 is 0. The topological polar surface area (TPSA) is 32.3 Å². The average molecular weight is 242 g/mol. The third-order valence-corrected chi connectivity index (χ3v) is 3.84. The van der Waals surface area contributed by atoms with Gasteiger partial charge in [0, 0.05) is 30.5 Å². The van der Waals surface area contributed by atoms with E-state index in [9.17, 15) is 4.79 Å². The number of para-hydroxylation sites is 1. The lowest BCUT2D eigenvalue weighted by Crippen LogP contribution is -2.29. The molecule has 18 heavy (non-hydrogen) atoms. The molecule has 1 aromatic carbocycles. The van der Waals surface area contributed by atoms with Crippen molar-refractivity contribution in [1.29, 1.82) is 0 Å². The van der Waals surface area contributed by atoms with E-state index in [0.717, 1.165) is 35.8 Å². The molecular weight excluding hydrogens is 224 g/mol. The quantitative estimate of drug-likeness (QED) is 0.768. The number of nitrogens with zero attached hydrogens (tertiary/aromatic N) is 1. The lowest BCUT2D eigenvalue weighted by Gasteiger charge is -2.29. The molecule has 2 heterocycles. The van der Waals surface area contributed by atoms with Crippen molar-refractivity contribution >= 4 is 17.2 Å². The molecule has 0 radical (unpaired) electrons. The third kappa shape index (κ3) is 2.01. The first kappa shape index (κ1) is 11.3. The van der Waals surface area contributed by atoms with Gasteiger partial charge in [-0.15, -0.1) is 0 Å². The molecule has 0 aliphatic carbocycles. The highest BCUT2D eigenvalue weighted by atomic mass is 16.2. The van der Waals surface area contributed by atoms with Gasteiger partial charge < -0.3 is 10.2 Å². The smallest absolute Gasteiger partial charge is 0.257 e. The molecular formula is C15H18N2O. The number of benzene rings is 1. The first-order valence-corrected chi connectivity index (χ1v) is 6.60. The summed E-state index contributed by atoms with van der Waals surface area (Å²) >= 11 is 0. The van der Waals surface area contributed by atoms with Crippen molar-refractivity contribution in [3.05, 3.63) is 36.0 Å². The van der Waals surface area contributed by atoms with E-state index >= 15 is 0 Å². The lowest BCUT2D eigenvalue weighted by atomic mass is 9.99. The number of likely N-dealkylation sites (tertiary alicyclic amines) is 1. The molecule has 1 aromatic rings. The minimum Gasteiger partial charge on any atom is -0.377 e. The predicted molar refractivity (Wildman–Crippen MR) is 73.0 cm³/mol. The van der Waals surface area contributed by atoms with E-state index < -0.39 is 0 Å². The van der Waals surface area contributed by atoms with Gasteiger partial charge >= 0.3 is 0 Å². The Kier molecular flexibility index (Phi) is 2.82. The largest absolute Gasteiger partial charge is 0.377 e. The van der Waals surface area contributed by atoms with E-state index in [0.29, 0.717) is 0 Å². The summed E-state index contributed by atoms with van der Waals surface area (Å²) in [6.45, 7) is 4.41. The van der Waals surface area contributed by atoms with Crippen LogP contribution in [-0.2, 0) is 4.79 Å². The van der Waals surface area contributed by atoms with Gasteiger partial charge in [0.2, 0.25) is 0 Å². The maximum absolute atomic E-state index is 12.0. The maximum Gasteiger partial charge on any atom is 0.257 e. The number of piperidine rings is 1. The zero-order valence-electron chi connectivity index (χ0n) is 10.6. The summed E-state index contributed by atoms with van der Waals surface area (Å²) in [4.78, 5) is 14.2. The first-order valence-electron chi connectivity index (χ1n) is 6.60. The van der Waals surface area contributed by atoms with Gasteiger partial charge in [0.15, 0.2) is 0 Å². The van der Waals surface area contributed by atoms with Gasteiger partial charge in [0.05, 0.1) is 5.57 Å². The van der Waals surface area contributed by atoms with Crippen LogP contribution in [0.25, 0.3) is 5.57 Å². The van der Waals surface area contributed by atoms with E-state index in [1.165, 1.54) is 12.8 Å². The van der Waals surface area contributed by atoms with Crippen molar-refractivity contribution in [3.63, 3.8) is 0 Å². The van der Waals surface area contributed by atoms with Gasteiger partial charge in [0.25, 0.3) is 5.91 Å². The van der Waals surface area contributed by atoms with Crippen molar-refractivity contribution in [1.82, 2.24) is 4.90 Å². The predicted octanol–water partition coefficient (Wildman–Crippen LogP) is 2.71. The molecule has 3 heteroatoms. The van der Waals surface area contributed by atoms with E-state index in [4.69, 9.17) is 0 Å². The van der Waals surface area contributed by atoms with Crippen LogP contribution in [0.4, 0.5) is 5.69 Å². The average Bonchev–Trinajstić information content (AvgIpc) is 2.69. The fraction of sp³-hybridized carbons (Fsp3) is 0.400. The Bertz CT molecular complexity index is 499. The van der Waals surface area contributed by atoms with Gasteiger partial charge in [-0.05, 0) is 24.8 Å². The Morgan fingerprint density at radius 3 is 2.78 bits per heavy atom. The molecule has 0 atom stereocenters. The third-order valence-electron chi connectivity index (χ3n) is 3.84. The minimum absolute atomic E-state index is 0.0230. The number of carbonyl (C=O) groups excluding carboxylic acids is 1.